The Kier molecular flexibility index (Phi) is 7.12. The molecule has 0 aliphatic rings. The van der Waals surface area contributed by atoms with Crippen molar-refractivity contribution in [1.29, 1.82) is 0 Å². The highest BCUT2D eigenvalue weighted by Crippen LogP contribution is 2.40. The third-order valence-electron chi connectivity index (χ3n) is 5.12. The van der Waals surface area contributed by atoms with Crippen LogP contribution in [0.2, 0.25) is 0 Å². The van der Waals surface area contributed by atoms with E-state index in [-0.39, 0.29) is 28.8 Å². The lowest BCUT2D eigenvalue weighted by molar-refractivity contribution is -0.139. The number of nitrogens with zero attached hydrogens (tertiary/aromatic N) is 1. The molecule has 1 aromatic heterocycles. The van der Waals surface area contributed by atoms with Gasteiger partial charge in [-0.3, -0.25) is 0 Å². The molecule has 3 aromatic rings. The maximum Gasteiger partial charge on any atom is 0.387 e. The summed E-state index contributed by atoms with van der Waals surface area (Å²) in [7, 11) is 0. The second kappa shape index (κ2) is 9.66. The minimum absolute atomic E-state index is 0.127. The Balaban J connectivity index is 2.21. The summed E-state index contributed by atoms with van der Waals surface area (Å²) < 4.78 is 51.6. The highest BCUT2D eigenvalue weighted by molar-refractivity contribution is 5.93. The van der Waals surface area contributed by atoms with Crippen LogP contribution >= 0.6 is 0 Å². The van der Waals surface area contributed by atoms with Crippen molar-refractivity contribution >= 4 is 16.9 Å². The number of aliphatic carboxylic acids is 1. The average molecular weight is 463 g/mol. The topological polar surface area (TPSA) is 88.9 Å². The first-order valence-electron chi connectivity index (χ1n) is 10.3. The van der Waals surface area contributed by atoms with Crippen LogP contribution in [0.5, 0.6) is 11.5 Å². The van der Waals surface area contributed by atoms with E-state index in [1.54, 1.807) is 45.0 Å². The Bertz CT molecular complexity index is 1160. The number of carboxylic acids is 1. The zero-order valence-electron chi connectivity index (χ0n) is 18.4. The molecule has 1 heterocycles. The molecule has 9 heteroatoms. The number of aliphatic hydroxyl groups is 1. The first-order valence-corrected chi connectivity index (χ1v) is 10.3. The van der Waals surface area contributed by atoms with Crippen molar-refractivity contribution < 1.29 is 37.7 Å². The molecule has 176 valence electrons. The third-order valence-corrected chi connectivity index (χ3v) is 5.12. The molecular formula is C24H24F3NO5. The van der Waals surface area contributed by atoms with Gasteiger partial charge in [-0.25, -0.2) is 14.2 Å². The lowest BCUT2D eigenvalue weighted by Gasteiger charge is -2.20. The third kappa shape index (κ3) is 5.54. The number of aromatic nitrogens is 1. The van der Waals surface area contributed by atoms with Gasteiger partial charge in [-0.1, -0.05) is 31.2 Å². The quantitative estimate of drug-likeness (QED) is 0.473. The molecule has 0 radical (unpaired) electrons. The van der Waals surface area contributed by atoms with Crippen molar-refractivity contribution in [3.63, 3.8) is 0 Å². The number of ether oxygens (including phenoxy) is 2. The number of fused-ring (bicyclic) bond motifs is 1. The van der Waals surface area contributed by atoms with E-state index in [0.29, 0.717) is 23.2 Å². The van der Waals surface area contributed by atoms with Crippen LogP contribution in [-0.2, 0) is 23.2 Å². The number of rotatable bonds is 9. The zero-order chi connectivity index (χ0) is 24.3. The minimum atomic E-state index is -3.22. The Labute approximate surface area is 188 Å². The average Bonchev–Trinajstić information content (AvgIpc) is 2.74. The Morgan fingerprint density at radius 2 is 1.82 bits per heavy atom. The summed E-state index contributed by atoms with van der Waals surface area (Å²) in [5.41, 5.74) is 0.782. The molecule has 0 aliphatic heterocycles. The molecule has 0 saturated carbocycles. The van der Waals surface area contributed by atoms with E-state index in [1.165, 1.54) is 0 Å². The fourth-order valence-electron chi connectivity index (χ4n) is 3.55. The van der Waals surface area contributed by atoms with Crippen molar-refractivity contribution in [2.75, 3.05) is 6.61 Å². The molecule has 2 N–H and O–H groups in total. The van der Waals surface area contributed by atoms with Gasteiger partial charge in [-0.05, 0) is 43.5 Å². The summed E-state index contributed by atoms with van der Waals surface area (Å²) in [5, 5.41) is 18.9. The van der Waals surface area contributed by atoms with Gasteiger partial charge >= 0.3 is 12.6 Å². The monoisotopic (exact) mass is 463 g/mol. The number of pyridine rings is 1. The van der Waals surface area contributed by atoms with Crippen LogP contribution in [0.3, 0.4) is 0 Å². The summed E-state index contributed by atoms with van der Waals surface area (Å²) in [6.45, 7) is 1.08. The van der Waals surface area contributed by atoms with Crippen LogP contribution in [0, 0.1) is 5.82 Å². The van der Waals surface area contributed by atoms with Gasteiger partial charge in [0.15, 0.2) is 6.61 Å². The molecule has 3 rings (SSSR count). The number of carbonyl (C=O) groups is 1. The molecule has 0 aliphatic carbocycles. The molecule has 0 spiro atoms. The highest BCUT2D eigenvalue weighted by Gasteiger charge is 2.24. The van der Waals surface area contributed by atoms with Crippen LogP contribution in [-0.4, -0.2) is 34.4 Å². The second-order valence-corrected chi connectivity index (χ2v) is 7.98. The number of benzene rings is 2. The van der Waals surface area contributed by atoms with Gasteiger partial charge in [0.2, 0.25) is 0 Å². The predicted molar refractivity (Wildman–Crippen MR) is 115 cm³/mol. The van der Waals surface area contributed by atoms with E-state index in [2.05, 4.69) is 4.98 Å². The van der Waals surface area contributed by atoms with Crippen LogP contribution in [0.15, 0.2) is 36.4 Å². The molecule has 0 fully saturated rings. The summed E-state index contributed by atoms with van der Waals surface area (Å²) in [6, 6.07) is 9.14. The van der Waals surface area contributed by atoms with Gasteiger partial charge in [0, 0.05) is 17.7 Å². The van der Waals surface area contributed by atoms with Gasteiger partial charge in [-0.2, -0.15) is 8.78 Å². The Hall–Kier alpha value is -3.33. The minimum Gasteiger partial charge on any atom is -0.481 e. The van der Waals surface area contributed by atoms with Crippen molar-refractivity contribution in [2.45, 2.75) is 45.8 Å². The standard InChI is InChI=1S/C24H24F3NO5/c1-4-17-15(11-13-5-7-14(8-6-13)24(2,3)31)22(33-23(26)27)20-18(32-12-19(29)30)10-9-16(25)21(20)28-17/h5-10,23,31H,4,11-12H2,1-3H3,(H,29,30). The van der Waals surface area contributed by atoms with E-state index in [4.69, 9.17) is 14.6 Å². The fourth-order valence-corrected chi connectivity index (χ4v) is 3.55. The number of hydrogen-bond donors (Lipinski definition) is 2. The number of aryl methyl sites for hydroxylation is 1. The molecule has 33 heavy (non-hydrogen) atoms. The van der Waals surface area contributed by atoms with E-state index >= 15 is 0 Å². The number of halogens is 3. The molecule has 0 saturated heterocycles. The number of alkyl halides is 2. The normalized spacial score (nSPS) is 11.8. The summed E-state index contributed by atoms with van der Waals surface area (Å²) in [4.78, 5) is 15.3. The van der Waals surface area contributed by atoms with E-state index < -0.39 is 30.6 Å². The molecule has 0 atom stereocenters. The second-order valence-electron chi connectivity index (χ2n) is 7.98. The summed E-state index contributed by atoms with van der Waals surface area (Å²) in [5.74, 6) is -2.49. The van der Waals surface area contributed by atoms with Crippen LogP contribution in [0.1, 0.15) is 43.2 Å². The first-order chi connectivity index (χ1) is 15.5. The van der Waals surface area contributed by atoms with Crippen LogP contribution in [0.25, 0.3) is 10.9 Å². The van der Waals surface area contributed by atoms with Crippen molar-refractivity contribution in [3.8, 4) is 11.5 Å². The first kappa shape index (κ1) is 24.3. The largest absolute Gasteiger partial charge is 0.481 e. The van der Waals surface area contributed by atoms with E-state index in [0.717, 1.165) is 17.7 Å². The molecule has 0 amide bonds. The van der Waals surface area contributed by atoms with Crippen LogP contribution < -0.4 is 9.47 Å². The zero-order valence-corrected chi connectivity index (χ0v) is 18.4. The van der Waals surface area contributed by atoms with E-state index in [9.17, 15) is 23.1 Å². The van der Waals surface area contributed by atoms with Gasteiger partial charge in [-0.15, -0.1) is 0 Å². The van der Waals surface area contributed by atoms with Gasteiger partial charge in [0.05, 0.1) is 11.0 Å². The lowest BCUT2D eigenvalue weighted by atomic mass is 9.94. The van der Waals surface area contributed by atoms with Crippen molar-refractivity contribution in [2.24, 2.45) is 0 Å². The SMILES string of the molecule is CCc1nc2c(F)ccc(OCC(=O)O)c2c(OC(F)F)c1Cc1ccc(C(C)(C)O)cc1. The fraction of sp³-hybridized carbons (Fsp3) is 0.333. The molecule has 6 nitrogen and oxygen atoms in total. The van der Waals surface area contributed by atoms with Gasteiger partial charge < -0.3 is 19.7 Å². The maximum atomic E-state index is 14.6. The lowest BCUT2D eigenvalue weighted by Crippen LogP contribution is -2.15. The number of carboxylic acid groups (broad SMARTS) is 1. The van der Waals surface area contributed by atoms with Gasteiger partial charge in [0.25, 0.3) is 0 Å². The molecule has 0 unspecified atom stereocenters. The summed E-state index contributed by atoms with van der Waals surface area (Å²) in [6.07, 6.45) is 0.446. The van der Waals surface area contributed by atoms with Gasteiger partial charge in [0.1, 0.15) is 22.8 Å². The Morgan fingerprint density at radius 3 is 2.36 bits per heavy atom. The molecular weight excluding hydrogens is 439 g/mol. The molecule has 2 aromatic carbocycles. The maximum absolute atomic E-state index is 14.6. The van der Waals surface area contributed by atoms with Crippen LogP contribution in [0.4, 0.5) is 13.2 Å². The molecule has 0 bridgehead atoms. The van der Waals surface area contributed by atoms with Crippen molar-refractivity contribution in [1.82, 2.24) is 4.98 Å². The highest BCUT2D eigenvalue weighted by atomic mass is 19.3. The van der Waals surface area contributed by atoms with E-state index in [1.807, 2.05) is 0 Å². The smallest absolute Gasteiger partial charge is 0.387 e. The predicted octanol–water partition coefficient (Wildman–Crippen LogP) is 4.82. The van der Waals surface area contributed by atoms with Crippen molar-refractivity contribution in [3.05, 3.63) is 64.6 Å². The Morgan fingerprint density at radius 1 is 1.15 bits per heavy atom. The number of hydrogen-bond acceptors (Lipinski definition) is 5. The summed E-state index contributed by atoms with van der Waals surface area (Å²) >= 11 is 0.